The Morgan fingerprint density at radius 2 is 1.90 bits per heavy atom. The minimum absolute atomic E-state index is 0.0137. The van der Waals surface area contributed by atoms with Gasteiger partial charge in [-0.2, -0.15) is 4.72 Å². The lowest BCUT2D eigenvalue weighted by Gasteiger charge is -2.14. The van der Waals surface area contributed by atoms with Crippen molar-refractivity contribution in [3.63, 3.8) is 0 Å². The van der Waals surface area contributed by atoms with E-state index in [1.165, 1.54) is 18.2 Å². The lowest BCUT2D eigenvalue weighted by atomic mass is 10.1. The zero-order chi connectivity index (χ0) is 15.5. The maximum atomic E-state index is 12.0. The van der Waals surface area contributed by atoms with E-state index < -0.39 is 22.0 Å². The fourth-order valence-corrected chi connectivity index (χ4v) is 3.91. The first kappa shape index (κ1) is 15.5. The molecule has 2 aromatic rings. The number of hydrogen-bond donors (Lipinski definition) is 3. The fraction of sp³-hybridized carbons (Fsp3) is 0.154. The van der Waals surface area contributed by atoms with Crippen LogP contribution in [0.2, 0.25) is 0 Å². The number of carboxylic acids is 1. The van der Waals surface area contributed by atoms with Crippen LogP contribution in [0.3, 0.4) is 0 Å². The van der Waals surface area contributed by atoms with Gasteiger partial charge in [0.05, 0.1) is 0 Å². The van der Waals surface area contributed by atoms with Crippen LogP contribution in [0.4, 0.5) is 0 Å². The minimum atomic E-state index is -3.85. The van der Waals surface area contributed by atoms with Crippen LogP contribution >= 0.6 is 11.3 Å². The number of nitrogens with one attached hydrogen (secondary N) is 1. The summed E-state index contributed by atoms with van der Waals surface area (Å²) in [5.74, 6) is -1.20. The van der Waals surface area contributed by atoms with Gasteiger partial charge in [0.1, 0.15) is 16.0 Å². The molecule has 0 aliphatic heterocycles. The molecule has 0 unspecified atom stereocenters. The number of phenols is 1. The average molecular weight is 327 g/mol. The van der Waals surface area contributed by atoms with E-state index in [1.807, 2.05) is 0 Å². The number of benzene rings is 1. The van der Waals surface area contributed by atoms with Gasteiger partial charge < -0.3 is 10.2 Å². The molecule has 1 heterocycles. The molecule has 112 valence electrons. The summed E-state index contributed by atoms with van der Waals surface area (Å²) >= 11 is 1.02. The Morgan fingerprint density at radius 1 is 1.24 bits per heavy atom. The zero-order valence-corrected chi connectivity index (χ0v) is 12.4. The molecule has 1 aromatic carbocycles. The number of hydrogen-bond acceptors (Lipinski definition) is 5. The summed E-state index contributed by atoms with van der Waals surface area (Å²) in [6.07, 6.45) is -0.0137. The maximum absolute atomic E-state index is 12.0. The van der Waals surface area contributed by atoms with Gasteiger partial charge in [-0.05, 0) is 35.6 Å². The predicted molar refractivity (Wildman–Crippen MR) is 77.9 cm³/mol. The number of carbonyl (C=O) groups is 1. The van der Waals surface area contributed by atoms with Crippen LogP contribution in [0.1, 0.15) is 5.56 Å². The van der Waals surface area contributed by atoms with Crippen molar-refractivity contribution in [3.05, 3.63) is 47.3 Å². The molecule has 0 fully saturated rings. The summed E-state index contributed by atoms with van der Waals surface area (Å²) in [6.45, 7) is 0. The second kappa shape index (κ2) is 6.25. The first-order valence-electron chi connectivity index (χ1n) is 5.95. The number of phenolic OH excluding ortho intramolecular Hbond substituents is 1. The van der Waals surface area contributed by atoms with Crippen LogP contribution in [0.15, 0.2) is 46.0 Å². The minimum Gasteiger partial charge on any atom is -0.508 e. The highest BCUT2D eigenvalue weighted by Gasteiger charge is 2.26. The van der Waals surface area contributed by atoms with Crippen LogP contribution in [-0.2, 0) is 21.2 Å². The van der Waals surface area contributed by atoms with Gasteiger partial charge in [-0.1, -0.05) is 18.2 Å². The van der Waals surface area contributed by atoms with Crippen molar-refractivity contribution >= 4 is 27.3 Å². The van der Waals surface area contributed by atoms with E-state index in [-0.39, 0.29) is 16.4 Å². The van der Waals surface area contributed by atoms with E-state index >= 15 is 0 Å². The number of thiophene rings is 1. The third-order valence-corrected chi connectivity index (χ3v) is 5.60. The summed E-state index contributed by atoms with van der Waals surface area (Å²) in [6, 6.07) is 7.64. The van der Waals surface area contributed by atoms with E-state index in [4.69, 9.17) is 0 Å². The largest absolute Gasteiger partial charge is 0.508 e. The molecule has 0 spiro atoms. The number of carboxylic acid groups (broad SMARTS) is 1. The van der Waals surface area contributed by atoms with Crippen molar-refractivity contribution in [2.45, 2.75) is 16.7 Å². The summed E-state index contributed by atoms with van der Waals surface area (Å²) < 4.78 is 26.3. The van der Waals surface area contributed by atoms with Gasteiger partial charge >= 0.3 is 5.97 Å². The molecular weight excluding hydrogens is 314 g/mol. The molecule has 1 atom stereocenters. The van der Waals surface area contributed by atoms with E-state index in [0.717, 1.165) is 11.3 Å². The molecule has 0 aliphatic carbocycles. The molecule has 0 aliphatic rings. The van der Waals surface area contributed by atoms with Crippen molar-refractivity contribution in [1.29, 1.82) is 0 Å². The Kier molecular flexibility index (Phi) is 4.61. The molecule has 0 radical (unpaired) electrons. The molecule has 0 amide bonds. The lowest BCUT2D eigenvalue weighted by molar-refractivity contribution is -0.138. The Labute approximate surface area is 125 Å². The van der Waals surface area contributed by atoms with Crippen molar-refractivity contribution in [1.82, 2.24) is 4.72 Å². The topological polar surface area (TPSA) is 104 Å². The second-order valence-electron chi connectivity index (χ2n) is 4.31. The zero-order valence-electron chi connectivity index (χ0n) is 10.8. The quantitative estimate of drug-likeness (QED) is 0.744. The number of aliphatic carboxylic acids is 1. The Hall–Kier alpha value is -1.90. The number of aromatic hydroxyl groups is 1. The SMILES string of the molecule is O=C(O)[C@H](Cc1ccc(O)cc1)NS(=O)(=O)c1cccs1. The summed E-state index contributed by atoms with van der Waals surface area (Å²) in [7, 11) is -3.85. The summed E-state index contributed by atoms with van der Waals surface area (Å²) in [5.41, 5.74) is 0.606. The number of sulfonamides is 1. The number of rotatable bonds is 6. The molecule has 8 heteroatoms. The first-order valence-corrected chi connectivity index (χ1v) is 8.31. The molecule has 21 heavy (non-hydrogen) atoms. The van der Waals surface area contributed by atoms with Crippen LogP contribution < -0.4 is 4.72 Å². The molecule has 3 N–H and O–H groups in total. The Bertz CT molecular complexity index is 708. The molecular formula is C13H13NO5S2. The third-order valence-electron chi connectivity index (χ3n) is 2.73. The Morgan fingerprint density at radius 3 is 2.43 bits per heavy atom. The van der Waals surface area contributed by atoms with Gasteiger partial charge in [0.25, 0.3) is 10.0 Å². The maximum Gasteiger partial charge on any atom is 0.322 e. The molecule has 6 nitrogen and oxygen atoms in total. The van der Waals surface area contributed by atoms with Crippen LogP contribution in [0, 0.1) is 0 Å². The van der Waals surface area contributed by atoms with Crippen LogP contribution in [-0.4, -0.2) is 30.6 Å². The average Bonchev–Trinajstić information content (AvgIpc) is 2.95. The third kappa shape index (κ3) is 4.03. The van der Waals surface area contributed by atoms with Gasteiger partial charge in [0.2, 0.25) is 0 Å². The van der Waals surface area contributed by atoms with Gasteiger partial charge in [-0.15, -0.1) is 11.3 Å². The monoisotopic (exact) mass is 327 g/mol. The summed E-state index contributed by atoms with van der Waals surface area (Å²) in [4.78, 5) is 11.2. The van der Waals surface area contributed by atoms with Gasteiger partial charge in [-0.3, -0.25) is 4.79 Å². The van der Waals surface area contributed by atoms with Crippen LogP contribution in [0.25, 0.3) is 0 Å². The van der Waals surface area contributed by atoms with Crippen molar-refractivity contribution < 1.29 is 23.4 Å². The van der Waals surface area contributed by atoms with E-state index in [9.17, 15) is 23.4 Å². The van der Waals surface area contributed by atoms with Crippen molar-refractivity contribution in [2.24, 2.45) is 0 Å². The predicted octanol–water partition coefficient (Wildman–Crippen LogP) is 1.43. The highest BCUT2D eigenvalue weighted by atomic mass is 32.2. The highest BCUT2D eigenvalue weighted by molar-refractivity contribution is 7.91. The second-order valence-corrected chi connectivity index (χ2v) is 7.20. The molecule has 0 saturated heterocycles. The molecule has 2 rings (SSSR count). The van der Waals surface area contributed by atoms with Crippen molar-refractivity contribution in [2.75, 3.05) is 0 Å². The van der Waals surface area contributed by atoms with Crippen molar-refractivity contribution in [3.8, 4) is 5.75 Å². The highest BCUT2D eigenvalue weighted by Crippen LogP contribution is 2.17. The van der Waals surface area contributed by atoms with E-state index in [1.54, 1.807) is 23.6 Å². The normalized spacial score (nSPS) is 13.0. The standard InChI is InChI=1S/C13H13NO5S2/c15-10-5-3-9(4-6-10)8-11(13(16)17)14-21(18,19)12-2-1-7-20-12/h1-7,11,14-15H,8H2,(H,16,17)/t11-/m0/s1. The molecule has 1 aromatic heterocycles. The van der Waals surface area contributed by atoms with Gasteiger partial charge in [0, 0.05) is 0 Å². The van der Waals surface area contributed by atoms with E-state index in [0.29, 0.717) is 5.56 Å². The van der Waals surface area contributed by atoms with Crippen LogP contribution in [0.5, 0.6) is 5.75 Å². The fourth-order valence-electron chi connectivity index (χ4n) is 1.71. The van der Waals surface area contributed by atoms with Gasteiger partial charge in [0.15, 0.2) is 0 Å². The van der Waals surface area contributed by atoms with E-state index in [2.05, 4.69) is 4.72 Å². The first-order chi connectivity index (χ1) is 9.88. The lowest BCUT2D eigenvalue weighted by Crippen LogP contribution is -2.42. The molecule has 0 saturated carbocycles. The smallest absolute Gasteiger partial charge is 0.322 e. The van der Waals surface area contributed by atoms with Gasteiger partial charge in [-0.25, -0.2) is 8.42 Å². The Balaban J connectivity index is 2.17. The summed E-state index contributed by atoms with van der Waals surface area (Å²) in [5, 5.41) is 20.0. The molecule has 0 bridgehead atoms.